The maximum Gasteiger partial charge on any atom is 0.305 e. The van der Waals surface area contributed by atoms with Crippen molar-refractivity contribution in [1.29, 1.82) is 0 Å². The number of halogens is 2. The van der Waals surface area contributed by atoms with Gasteiger partial charge in [0.2, 0.25) is 0 Å². The number of fused-ring (bicyclic) bond motifs is 1. The third-order valence-corrected chi connectivity index (χ3v) is 6.11. The van der Waals surface area contributed by atoms with Crippen LogP contribution in [0.15, 0.2) is 6.07 Å². The van der Waals surface area contributed by atoms with E-state index >= 15 is 0 Å². The molecular weight excluding hydrogens is 489 g/mol. The summed E-state index contributed by atoms with van der Waals surface area (Å²) in [6.45, 7) is -1.35. The fraction of sp³-hybridized carbons (Fsp3) is 0.636. The van der Waals surface area contributed by atoms with Crippen molar-refractivity contribution in [3.05, 3.63) is 23.0 Å². The third-order valence-electron chi connectivity index (χ3n) is 5.73. The molecule has 4 atom stereocenters. The lowest BCUT2D eigenvalue weighted by molar-refractivity contribution is -0.156. The number of benzene rings is 1. The molecule has 192 valence electrons. The second-order valence-corrected chi connectivity index (χ2v) is 8.85. The number of ether oxygens (including phenoxy) is 1. The first-order chi connectivity index (χ1) is 16.2. The molecular formula is C22H33Cl2N3O7. The third kappa shape index (κ3) is 6.94. The minimum absolute atomic E-state index is 0.0437. The molecule has 0 saturated carbocycles. The number of hydrogen-bond acceptors (Lipinski definition) is 9. The number of nitrogen functional groups attached to an aromatic ring is 1. The standard InChI is InChI=1S/C22H33Cl2N3O7/c1-27-14-9-12(5-7-23)19(25)13(6-8-24)20(14)26-17(27)3-2-4-18(31)34-11-16(30)22(33)21(32)15(29)10-28/h9,15-16,21-22,28-30,32-33H,2-8,10-11,25H2,1H3. The van der Waals surface area contributed by atoms with Crippen LogP contribution in [0.1, 0.15) is 29.8 Å². The van der Waals surface area contributed by atoms with Gasteiger partial charge in [-0.3, -0.25) is 4.79 Å². The van der Waals surface area contributed by atoms with Crippen molar-refractivity contribution in [1.82, 2.24) is 9.55 Å². The molecule has 1 heterocycles. The molecule has 2 aromatic rings. The number of aliphatic hydroxyl groups excluding tert-OH is 5. The Morgan fingerprint density at radius 3 is 2.38 bits per heavy atom. The fourth-order valence-corrected chi connectivity index (χ4v) is 4.09. The normalized spacial score (nSPS) is 15.3. The van der Waals surface area contributed by atoms with Crippen LogP contribution < -0.4 is 5.73 Å². The average molecular weight is 522 g/mol. The highest BCUT2D eigenvalue weighted by Gasteiger charge is 2.30. The minimum atomic E-state index is -1.78. The monoisotopic (exact) mass is 521 g/mol. The molecule has 0 radical (unpaired) electrons. The first-order valence-corrected chi connectivity index (χ1v) is 12.1. The zero-order chi connectivity index (χ0) is 25.4. The lowest BCUT2D eigenvalue weighted by Crippen LogP contribution is -2.47. The summed E-state index contributed by atoms with van der Waals surface area (Å²) >= 11 is 11.9. The van der Waals surface area contributed by atoms with Crippen molar-refractivity contribution in [2.24, 2.45) is 7.05 Å². The van der Waals surface area contributed by atoms with Gasteiger partial charge in [0.25, 0.3) is 0 Å². The van der Waals surface area contributed by atoms with E-state index in [0.29, 0.717) is 43.1 Å². The van der Waals surface area contributed by atoms with Crippen LogP contribution in [0, 0.1) is 0 Å². The number of carbonyl (C=O) groups is 1. The molecule has 0 spiro atoms. The van der Waals surface area contributed by atoms with Crippen LogP contribution in [0.5, 0.6) is 0 Å². The Hall–Kier alpha value is -1.66. The Morgan fingerprint density at radius 2 is 1.76 bits per heavy atom. The molecule has 0 amide bonds. The second-order valence-electron chi connectivity index (χ2n) is 8.10. The molecule has 0 fully saturated rings. The summed E-state index contributed by atoms with van der Waals surface area (Å²) in [5.41, 5.74) is 10.5. The summed E-state index contributed by atoms with van der Waals surface area (Å²) in [4.78, 5) is 16.8. The van der Waals surface area contributed by atoms with E-state index < -0.39 is 43.6 Å². The van der Waals surface area contributed by atoms with Crippen LogP contribution in [0.2, 0.25) is 0 Å². The van der Waals surface area contributed by atoms with E-state index in [-0.39, 0.29) is 6.42 Å². The Morgan fingerprint density at radius 1 is 1.12 bits per heavy atom. The van der Waals surface area contributed by atoms with E-state index in [1.807, 2.05) is 17.7 Å². The first-order valence-electron chi connectivity index (χ1n) is 11.0. The number of esters is 1. The molecule has 0 aliphatic carbocycles. The van der Waals surface area contributed by atoms with Crippen molar-refractivity contribution in [3.63, 3.8) is 0 Å². The summed E-state index contributed by atoms with van der Waals surface area (Å²) < 4.78 is 6.90. The summed E-state index contributed by atoms with van der Waals surface area (Å²) in [7, 11) is 1.89. The molecule has 2 rings (SSSR count). The van der Waals surface area contributed by atoms with Crippen LogP contribution >= 0.6 is 23.2 Å². The van der Waals surface area contributed by atoms with E-state index in [9.17, 15) is 25.2 Å². The molecule has 4 unspecified atom stereocenters. The first kappa shape index (κ1) is 28.6. The largest absolute Gasteiger partial charge is 0.463 e. The van der Waals surface area contributed by atoms with Crippen LogP contribution in [0.25, 0.3) is 11.0 Å². The highest BCUT2D eigenvalue weighted by molar-refractivity contribution is 6.18. The summed E-state index contributed by atoms with van der Waals surface area (Å²) in [6.07, 6.45) is -4.65. The van der Waals surface area contributed by atoms with E-state index in [1.165, 1.54) is 0 Å². The van der Waals surface area contributed by atoms with E-state index in [2.05, 4.69) is 0 Å². The number of imidazole rings is 1. The number of nitrogens with two attached hydrogens (primary N) is 1. The minimum Gasteiger partial charge on any atom is -0.463 e. The predicted molar refractivity (Wildman–Crippen MR) is 129 cm³/mol. The van der Waals surface area contributed by atoms with Crippen LogP contribution in [-0.2, 0) is 35.8 Å². The van der Waals surface area contributed by atoms with Gasteiger partial charge in [-0.05, 0) is 30.9 Å². The Kier molecular flexibility index (Phi) is 11.3. The molecule has 0 aliphatic heterocycles. The Labute approximate surface area is 207 Å². The van der Waals surface area contributed by atoms with Crippen molar-refractivity contribution < 1.29 is 35.1 Å². The maximum atomic E-state index is 12.0. The number of aryl methyl sites for hydroxylation is 4. The maximum absolute atomic E-state index is 12.0. The van der Waals surface area contributed by atoms with Gasteiger partial charge in [0.15, 0.2) is 0 Å². The average Bonchev–Trinajstić information content (AvgIpc) is 3.13. The van der Waals surface area contributed by atoms with E-state index in [1.54, 1.807) is 0 Å². The number of carbonyl (C=O) groups excluding carboxylic acids is 1. The van der Waals surface area contributed by atoms with Crippen LogP contribution in [-0.4, -0.2) is 90.4 Å². The Bertz CT molecular complexity index is 956. The number of nitrogens with zero attached hydrogens (tertiary/aromatic N) is 2. The summed E-state index contributed by atoms with van der Waals surface area (Å²) in [6, 6.07) is 1.98. The lowest BCUT2D eigenvalue weighted by Gasteiger charge is -2.25. The smallest absolute Gasteiger partial charge is 0.305 e. The zero-order valence-electron chi connectivity index (χ0n) is 19.0. The number of aromatic nitrogens is 2. The van der Waals surface area contributed by atoms with Crippen LogP contribution in [0.3, 0.4) is 0 Å². The van der Waals surface area contributed by atoms with Gasteiger partial charge < -0.3 is 40.6 Å². The van der Waals surface area contributed by atoms with Gasteiger partial charge in [-0.15, -0.1) is 23.2 Å². The van der Waals surface area contributed by atoms with Gasteiger partial charge in [-0.25, -0.2) is 4.98 Å². The second kappa shape index (κ2) is 13.4. The number of aliphatic hydroxyl groups is 5. The molecule has 1 aromatic heterocycles. The van der Waals surface area contributed by atoms with Crippen LogP contribution in [0.4, 0.5) is 5.69 Å². The molecule has 34 heavy (non-hydrogen) atoms. The molecule has 12 heteroatoms. The van der Waals surface area contributed by atoms with Crippen molar-refractivity contribution in [3.8, 4) is 0 Å². The molecule has 10 nitrogen and oxygen atoms in total. The van der Waals surface area contributed by atoms with Gasteiger partial charge in [-0.2, -0.15) is 0 Å². The van der Waals surface area contributed by atoms with Gasteiger partial charge in [-0.1, -0.05) is 0 Å². The molecule has 0 aliphatic rings. The highest BCUT2D eigenvalue weighted by Crippen LogP contribution is 2.30. The fourth-order valence-electron chi connectivity index (χ4n) is 3.69. The number of anilines is 1. The molecule has 0 saturated heterocycles. The lowest BCUT2D eigenvalue weighted by atomic mass is 10.0. The molecule has 0 bridgehead atoms. The number of alkyl halides is 2. The SMILES string of the molecule is Cn1c(CCCC(=O)OCC(O)C(O)C(O)C(O)CO)nc2c(CCCl)c(N)c(CCCl)cc21. The summed E-state index contributed by atoms with van der Waals surface area (Å²) in [5, 5.41) is 47.3. The molecule has 1 aromatic carbocycles. The van der Waals surface area contributed by atoms with E-state index in [4.69, 9.17) is 43.8 Å². The molecule has 7 N–H and O–H groups in total. The van der Waals surface area contributed by atoms with Gasteiger partial charge >= 0.3 is 5.97 Å². The predicted octanol–water partition coefficient (Wildman–Crippen LogP) is 0.0199. The van der Waals surface area contributed by atoms with Gasteiger partial charge in [0.1, 0.15) is 36.8 Å². The van der Waals surface area contributed by atoms with Crippen molar-refractivity contribution in [2.45, 2.75) is 56.5 Å². The van der Waals surface area contributed by atoms with Gasteiger partial charge in [0, 0.05) is 42.9 Å². The number of hydrogen-bond donors (Lipinski definition) is 6. The quantitative estimate of drug-likeness (QED) is 0.114. The van der Waals surface area contributed by atoms with Crippen molar-refractivity contribution >= 4 is 45.9 Å². The number of rotatable bonds is 14. The summed E-state index contributed by atoms with van der Waals surface area (Å²) in [5.74, 6) is 1.00. The highest BCUT2D eigenvalue weighted by atomic mass is 35.5. The van der Waals surface area contributed by atoms with Crippen molar-refractivity contribution in [2.75, 3.05) is 30.7 Å². The zero-order valence-corrected chi connectivity index (χ0v) is 20.5. The van der Waals surface area contributed by atoms with Gasteiger partial charge in [0.05, 0.1) is 17.6 Å². The van der Waals surface area contributed by atoms with E-state index in [0.717, 1.165) is 28.0 Å². The topological polar surface area (TPSA) is 171 Å². The Balaban J connectivity index is 1.98.